The number of benzene rings is 2. The zero-order valence-electron chi connectivity index (χ0n) is 20.7. The van der Waals surface area contributed by atoms with Crippen molar-refractivity contribution in [3.05, 3.63) is 113 Å². The van der Waals surface area contributed by atoms with Crippen molar-refractivity contribution in [1.29, 1.82) is 0 Å². The Morgan fingerprint density at radius 3 is 2.42 bits per heavy atom. The number of nitrogens with one attached hydrogen (secondary N) is 1. The fourth-order valence-corrected chi connectivity index (χ4v) is 5.42. The molecule has 36 heavy (non-hydrogen) atoms. The molecule has 0 saturated carbocycles. The van der Waals surface area contributed by atoms with Crippen LogP contribution in [0.1, 0.15) is 50.7 Å². The summed E-state index contributed by atoms with van der Waals surface area (Å²) in [6.07, 6.45) is 1.82. The topological polar surface area (TPSA) is 59.4 Å². The third-order valence-corrected chi connectivity index (χ3v) is 7.03. The van der Waals surface area contributed by atoms with Gasteiger partial charge in [-0.15, -0.1) is 0 Å². The molecule has 0 amide bonds. The number of carbonyl (C=O) groups excluding carboxylic acids is 1. The van der Waals surface area contributed by atoms with Gasteiger partial charge in [0, 0.05) is 29.0 Å². The van der Waals surface area contributed by atoms with E-state index in [0.717, 1.165) is 34.0 Å². The van der Waals surface area contributed by atoms with E-state index >= 15 is 0 Å². The molecular formula is C29H28N4O2S. The van der Waals surface area contributed by atoms with Gasteiger partial charge in [-0.3, -0.25) is 4.98 Å². The smallest absolute Gasteiger partial charge is 0.337 e. The van der Waals surface area contributed by atoms with Crippen LogP contribution >= 0.6 is 12.2 Å². The van der Waals surface area contributed by atoms with E-state index in [2.05, 4.69) is 70.9 Å². The average molecular weight is 497 g/mol. The summed E-state index contributed by atoms with van der Waals surface area (Å²) >= 11 is 5.88. The molecule has 2 atom stereocenters. The summed E-state index contributed by atoms with van der Waals surface area (Å²) in [5.74, 6) is -0.347. The number of pyridine rings is 1. The molecule has 2 aromatic carbocycles. The summed E-state index contributed by atoms with van der Waals surface area (Å²) in [5, 5.41) is 4.22. The lowest BCUT2D eigenvalue weighted by Crippen LogP contribution is -2.29. The van der Waals surface area contributed by atoms with Crippen LogP contribution in [0.4, 0.5) is 5.69 Å². The Bertz CT molecular complexity index is 1430. The van der Waals surface area contributed by atoms with Gasteiger partial charge in [0.2, 0.25) is 0 Å². The minimum absolute atomic E-state index is 0.0940. The highest BCUT2D eigenvalue weighted by molar-refractivity contribution is 7.80. The van der Waals surface area contributed by atoms with Gasteiger partial charge in [-0.2, -0.15) is 0 Å². The Labute approximate surface area is 216 Å². The second-order valence-electron chi connectivity index (χ2n) is 9.04. The van der Waals surface area contributed by atoms with Crippen molar-refractivity contribution in [2.75, 3.05) is 12.0 Å². The molecule has 0 radical (unpaired) electrons. The zero-order chi connectivity index (χ0) is 25.4. The molecule has 1 saturated heterocycles. The molecule has 1 N–H and O–H groups in total. The van der Waals surface area contributed by atoms with Gasteiger partial charge in [-0.25, -0.2) is 4.79 Å². The summed E-state index contributed by atoms with van der Waals surface area (Å²) in [6.45, 7) is 6.31. The van der Waals surface area contributed by atoms with Crippen LogP contribution in [0.25, 0.3) is 5.69 Å². The predicted molar refractivity (Wildman–Crippen MR) is 146 cm³/mol. The highest BCUT2D eigenvalue weighted by atomic mass is 32.1. The standard InChI is InChI=1S/C29H28N4O2S/c1-18-8-7-9-23(16-18)33-27(26(31-29(33)36)25-10-5-6-15-30-25)24-17-19(2)32(20(24)3)22-13-11-21(12-14-22)28(34)35-4/h5-17,26-27H,1-4H3,(H,31,36)/t26-,27+/m1/s1. The fourth-order valence-electron chi connectivity index (χ4n) is 5.08. The van der Waals surface area contributed by atoms with E-state index < -0.39 is 0 Å². The first-order chi connectivity index (χ1) is 17.4. The number of rotatable bonds is 5. The summed E-state index contributed by atoms with van der Waals surface area (Å²) in [4.78, 5) is 18.8. The van der Waals surface area contributed by atoms with E-state index in [1.54, 1.807) is 12.1 Å². The van der Waals surface area contributed by atoms with Gasteiger partial charge in [0.25, 0.3) is 0 Å². The number of aromatic nitrogens is 2. The maximum absolute atomic E-state index is 11.9. The van der Waals surface area contributed by atoms with Gasteiger partial charge in [-0.05, 0) is 98.7 Å². The van der Waals surface area contributed by atoms with Crippen LogP contribution in [0.2, 0.25) is 0 Å². The Morgan fingerprint density at radius 2 is 1.75 bits per heavy atom. The predicted octanol–water partition coefficient (Wildman–Crippen LogP) is 5.76. The number of hydrogen-bond donors (Lipinski definition) is 1. The van der Waals surface area contributed by atoms with Crippen LogP contribution < -0.4 is 10.2 Å². The summed E-state index contributed by atoms with van der Waals surface area (Å²) < 4.78 is 7.06. The third kappa shape index (κ3) is 4.16. The van der Waals surface area contributed by atoms with Gasteiger partial charge in [0.15, 0.2) is 5.11 Å². The Morgan fingerprint density at radius 1 is 0.972 bits per heavy atom. The van der Waals surface area contributed by atoms with Crippen LogP contribution in [0.3, 0.4) is 0 Å². The minimum atomic E-state index is -0.347. The lowest BCUT2D eigenvalue weighted by molar-refractivity contribution is 0.0600. The van der Waals surface area contributed by atoms with Crippen molar-refractivity contribution in [1.82, 2.24) is 14.9 Å². The van der Waals surface area contributed by atoms with Crippen LogP contribution in [-0.2, 0) is 4.74 Å². The van der Waals surface area contributed by atoms with Crippen LogP contribution in [0.5, 0.6) is 0 Å². The summed E-state index contributed by atoms with van der Waals surface area (Å²) in [6, 6.07) is 23.9. The van der Waals surface area contributed by atoms with Crippen molar-refractivity contribution in [2.45, 2.75) is 32.9 Å². The number of esters is 1. The summed E-state index contributed by atoms with van der Waals surface area (Å²) in [7, 11) is 1.39. The van der Waals surface area contributed by atoms with E-state index in [4.69, 9.17) is 17.0 Å². The number of nitrogens with zero attached hydrogens (tertiary/aromatic N) is 3. The number of anilines is 1. The molecule has 0 unspecified atom stereocenters. The van der Waals surface area contributed by atoms with Gasteiger partial charge in [0.1, 0.15) is 0 Å². The number of methoxy groups -OCH3 is 1. The normalized spacial score (nSPS) is 17.2. The van der Waals surface area contributed by atoms with Gasteiger partial charge < -0.3 is 19.5 Å². The molecule has 1 aliphatic rings. The Hall–Kier alpha value is -3.97. The van der Waals surface area contributed by atoms with Crippen LogP contribution in [0, 0.1) is 20.8 Å². The molecular weight excluding hydrogens is 468 g/mol. The van der Waals surface area contributed by atoms with Crippen LogP contribution in [0.15, 0.2) is 79.0 Å². The number of ether oxygens (including phenoxy) is 1. The van der Waals surface area contributed by atoms with Crippen LogP contribution in [-0.4, -0.2) is 27.7 Å². The lowest BCUT2D eigenvalue weighted by atomic mass is 9.96. The highest BCUT2D eigenvalue weighted by Crippen LogP contribution is 2.43. The Kier molecular flexibility index (Phi) is 6.33. The second kappa shape index (κ2) is 9.59. The van der Waals surface area contributed by atoms with Crippen molar-refractivity contribution < 1.29 is 9.53 Å². The number of thiocarbonyl (C=S) groups is 1. The SMILES string of the molecule is COC(=O)c1ccc(-n2c(C)cc([C@H]3[C@@H](c4ccccn4)NC(=S)N3c3cccc(C)c3)c2C)cc1. The fraction of sp³-hybridized carbons (Fsp3) is 0.207. The summed E-state index contributed by atoms with van der Waals surface area (Å²) in [5.41, 5.74) is 8.02. The first kappa shape index (κ1) is 23.8. The minimum Gasteiger partial charge on any atom is -0.465 e. The molecule has 0 aliphatic carbocycles. The number of hydrogen-bond acceptors (Lipinski definition) is 4. The monoisotopic (exact) mass is 496 g/mol. The van der Waals surface area contributed by atoms with Crippen molar-refractivity contribution in [3.63, 3.8) is 0 Å². The molecule has 0 spiro atoms. The molecule has 6 nitrogen and oxygen atoms in total. The van der Waals surface area contributed by atoms with E-state index in [-0.39, 0.29) is 18.1 Å². The number of carbonyl (C=O) groups is 1. The van der Waals surface area contributed by atoms with E-state index in [9.17, 15) is 4.79 Å². The molecule has 5 rings (SSSR count). The molecule has 4 aromatic rings. The van der Waals surface area contributed by atoms with Gasteiger partial charge in [-0.1, -0.05) is 18.2 Å². The van der Waals surface area contributed by atoms with Gasteiger partial charge >= 0.3 is 5.97 Å². The quantitative estimate of drug-likeness (QED) is 0.280. The molecule has 1 fully saturated rings. The lowest BCUT2D eigenvalue weighted by Gasteiger charge is -2.28. The molecule has 7 heteroatoms. The average Bonchev–Trinajstić information content (AvgIpc) is 3.39. The van der Waals surface area contributed by atoms with Gasteiger partial charge in [0.05, 0.1) is 30.5 Å². The molecule has 1 aliphatic heterocycles. The number of aryl methyl sites for hydroxylation is 2. The molecule has 182 valence electrons. The molecule has 0 bridgehead atoms. The highest BCUT2D eigenvalue weighted by Gasteiger charge is 2.42. The zero-order valence-corrected chi connectivity index (χ0v) is 21.5. The van der Waals surface area contributed by atoms with E-state index in [1.165, 1.54) is 12.7 Å². The van der Waals surface area contributed by atoms with Crippen molar-refractivity contribution in [3.8, 4) is 5.69 Å². The Balaban J connectivity index is 1.63. The van der Waals surface area contributed by atoms with Crippen molar-refractivity contribution >= 4 is 29.0 Å². The molecule has 2 aromatic heterocycles. The second-order valence-corrected chi connectivity index (χ2v) is 9.42. The maximum Gasteiger partial charge on any atom is 0.337 e. The largest absolute Gasteiger partial charge is 0.465 e. The van der Waals surface area contributed by atoms with Crippen molar-refractivity contribution in [2.24, 2.45) is 0 Å². The first-order valence-corrected chi connectivity index (χ1v) is 12.2. The molecule has 3 heterocycles. The maximum atomic E-state index is 11.9. The first-order valence-electron chi connectivity index (χ1n) is 11.8. The van der Waals surface area contributed by atoms with E-state index in [1.807, 2.05) is 36.5 Å². The van der Waals surface area contributed by atoms with E-state index in [0.29, 0.717) is 10.7 Å². The third-order valence-electron chi connectivity index (χ3n) is 6.71.